The standard InChI is InChI=1S/C17H25NO4/c1-4-5-11-21-16(19)15(13(2)3)18-17(20)22-12-14-9-7-6-8-10-14/h6-10,13,15H,4-5,11-12H2,1-3H3,(H,18,20)/t15-/m0/s1. The second-order valence-electron chi connectivity index (χ2n) is 5.45. The van der Waals surface area contributed by atoms with Crippen LogP contribution in [-0.2, 0) is 20.9 Å². The molecule has 1 rings (SSSR count). The van der Waals surface area contributed by atoms with E-state index in [1.165, 1.54) is 0 Å². The van der Waals surface area contributed by atoms with Gasteiger partial charge in [0.05, 0.1) is 6.61 Å². The maximum atomic E-state index is 12.0. The third kappa shape index (κ3) is 6.61. The van der Waals surface area contributed by atoms with Gasteiger partial charge in [-0.05, 0) is 17.9 Å². The summed E-state index contributed by atoms with van der Waals surface area (Å²) in [6.45, 7) is 6.26. The van der Waals surface area contributed by atoms with E-state index in [4.69, 9.17) is 9.47 Å². The number of carbonyl (C=O) groups excluding carboxylic acids is 2. The van der Waals surface area contributed by atoms with E-state index in [-0.39, 0.29) is 12.5 Å². The van der Waals surface area contributed by atoms with Crippen LogP contribution in [0.25, 0.3) is 0 Å². The molecule has 5 nitrogen and oxygen atoms in total. The number of benzene rings is 1. The van der Waals surface area contributed by atoms with Gasteiger partial charge >= 0.3 is 12.1 Å². The van der Waals surface area contributed by atoms with Gasteiger partial charge in [0.15, 0.2) is 0 Å². The third-order valence-corrected chi connectivity index (χ3v) is 3.15. The number of rotatable bonds is 8. The van der Waals surface area contributed by atoms with Crippen molar-refractivity contribution in [3.8, 4) is 0 Å². The van der Waals surface area contributed by atoms with Crippen LogP contribution >= 0.6 is 0 Å². The molecular weight excluding hydrogens is 282 g/mol. The fraction of sp³-hybridized carbons (Fsp3) is 0.529. The normalized spacial score (nSPS) is 11.8. The summed E-state index contributed by atoms with van der Waals surface area (Å²) in [6.07, 6.45) is 1.15. The number of esters is 1. The van der Waals surface area contributed by atoms with Gasteiger partial charge in [-0.15, -0.1) is 0 Å². The van der Waals surface area contributed by atoms with E-state index in [2.05, 4.69) is 5.32 Å². The Labute approximate surface area is 132 Å². The molecule has 0 aliphatic heterocycles. The molecule has 1 aromatic rings. The Hall–Kier alpha value is -2.04. The first kappa shape index (κ1) is 18.0. The summed E-state index contributed by atoms with van der Waals surface area (Å²) in [7, 11) is 0. The molecule has 0 heterocycles. The van der Waals surface area contributed by atoms with Crippen LogP contribution < -0.4 is 5.32 Å². The minimum Gasteiger partial charge on any atom is -0.464 e. The molecule has 5 heteroatoms. The van der Waals surface area contributed by atoms with Gasteiger partial charge in [-0.25, -0.2) is 9.59 Å². The van der Waals surface area contributed by atoms with E-state index in [0.717, 1.165) is 18.4 Å². The number of unbranched alkanes of at least 4 members (excludes halogenated alkanes) is 1. The van der Waals surface area contributed by atoms with Crippen molar-refractivity contribution >= 4 is 12.1 Å². The number of hydrogen-bond donors (Lipinski definition) is 1. The van der Waals surface area contributed by atoms with Crippen LogP contribution in [0.15, 0.2) is 30.3 Å². The van der Waals surface area contributed by atoms with Crippen LogP contribution in [0.4, 0.5) is 4.79 Å². The fourth-order valence-corrected chi connectivity index (χ4v) is 1.80. The molecular formula is C17H25NO4. The van der Waals surface area contributed by atoms with Gasteiger partial charge in [0.25, 0.3) is 0 Å². The molecule has 1 amide bonds. The number of ether oxygens (including phenoxy) is 2. The second kappa shape index (κ2) is 9.82. The molecule has 122 valence electrons. The zero-order valence-corrected chi connectivity index (χ0v) is 13.5. The van der Waals surface area contributed by atoms with Crippen molar-refractivity contribution in [2.24, 2.45) is 5.92 Å². The van der Waals surface area contributed by atoms with Crippen LogP contribution in [0.3, 0.4) is 0 Å². The smallest absolute Gasteiger partial charge is 0.408 e. The first-order chi connectivity index (χ1) is 10.5. The lowest BCUT2D eigenvalue weighted by Gasteiger charge is -2.20. The Morgan fingerprint density at radius 3 is 2.41 bits per heavy atom. The Bertz CT molecular complexity index is 459. The highest BCUT2D eigenvalue weighted by Crippen LogP contribution is 2.06. The van der Waals surface area contributed by atoms with E-state index in [1.807, 2.05) is 51.1 Å². The van der Waals surface area contributed by atoms with Gasteiger partial charge in [-0.3, -0.25) is 0 Å². The largest absolute Gasteiger partial charge is 0.464 e. The molecule has 0 spiro atoms. The quantitative estimate of drug-likeness (QED) is 0.591. The molecule has 1 atom stereocenters. The number of alkyl carbamates (subject to hydrolysis) is 1. The zero-order chi connectivity index (χ0) is 16.4. The summed E-state index contributed by atoms with van der Waals surface area (Å²) in [5.41, 5.74) is 0.893. The summed E-state index contributed by atoms with van der Waals surface area (Å²) in [6, 6.07) is 8.68. The third-order valence-electron chi connectivity index (χ3n) is 3.15. The minimum atomic E-state index is -0.694. The van der Waals surface area contributed by atoms with Crippen molar-refractivity contribution in [1.82, 2.24) is 5.32 Å². The SMILES string of the molecule is CCCCOC(=O)[C@@H](NC(=O)OCc1ccccc1)C(C)C. The molecule has 0 radical (unpaired) electrons. The van der Waals surface area contributed by atoms with E-state index >= 15 is 0 Å². The number of carbonyl (C=O) groups is 2. The predicted octanol–water partition coefficient (Wildman–Crippen LogP) is 3.28. The lowest BCUT2D eigenvalue weighted by Crippen LogP contribution is -2.45. The van der Waals surface area contributed by atoms with Crippen molar-refractivity contribution in [2.45, 2.75) is 46.3 Å². The monoisotopic (exact) mass is 307 g/mol. The molecule has 0 bridgehead atoms. The zero-order valence-electron chi connectivity index (χ0n) is 13.5. The van der Waals surface area contributed by atoms with Crippen molar-refractivity contribution in [2.75, 3.05) is 6.61 Å². The minimum absolute atomic E-state index is 0.0709. The molecule has 0 fully saturated rings. The number of nitrogens with one attached hydrogen (secondary N) is 1. The summed E-state index contributed by atoms with van der Waals surface area (Å²) < 4.78 is 10.3. The van der Waals surface area contributed by atoms with Crippen molar-refractivity contribution < 1.29 is 19.1 Å². The maximum Gasteiger partial charge on any atom is 0.408 e. The number of hydrogen-bond acceptors (Lipinski definition) is 4. The predicted molar refractivity (Wildman–Crippen MR) is 84.3 cm³/mol. The van der Waals surface area contributed by atoms with Crippen LogP contribution in [0.2, 0.25) is 0 Å². The van der Waals surface area contributed by atoms with Crippen LogP contribution in [0.1, 0.15) is 39.2 Å². The van der Waals surface area contributed by atoms with E-state index in [9.17, 15) is 9.59 Å². The molecule has 0 saturated carbocycles. The average molecular weight is 307 g/mol. The van der Waals surface area contributed by atoms with Crippen LogP contribution in [-0.4, -0.2) is 24.7 Å². The summed E-state index contributed by atoms with van der Waals surface area (Å²) in [5, 5.41) is 2.58. The fourth-order valence-electron chi connectivity index (χ4n) is 1.80. The number of amides is 1. The Morgan fingerprint density at radius 2 is 1.82 bits per heavy atom. The van der Waals surface area contributed by atoms with E-state index < -0.39 is 18.1 Å². The lowest BCUT2D eigenvalue weighted by molar-refractivity contribution is -0.147. The second-order valence-corrected chi connectivity index (χ2v) is 5.45. The van der Waals surface area contributed by atoms with Gasteiger partial charge in [-0.1, -0.05) is 57.5 Å². The molecule has 1 N–H and O–H groups in total. The van der Waals surface area contributed by atoms with Gasteiger partial charge in [0.2, 0.25) is 0 Å². The van der Waals surface area contributed by atoms with Gasteiger partial charge < -0.3 is 14.8 Å². The van der Waals surface area contributed by atoms with Crippen molar-refractivity contribution in [3.63, 3.8) is 0 Å². The molecule has 0 aliphatic rings. The average Bonchev–Trinajstić information content (AvgIpc) is 2.51. The van der Waals surface area contributed by atoms with Gasteiger partial charge in [0.1, 0.15) is 12.6 Å². The van der Waals surface area contributed by atoms with E-state index in [1.54, 1.807) is 0 Å². The molecule has 0 unspecified atom stereocenters. The Balaban J connectivity index is 2.44. The molecule has 1 aromatic carbocycles. The highest BCUT2D eigenvalue weighted by molar-refractivity contribution is 5.81. The Morgan fingerprint density at radius 1 is 1.14 bits per heavy atom. The topological polar surface area (TPSA) is 64.6 Å². The molecule has 0 aromatic heterocycles. The summed E-state index contributed by atoms with van der Waals surface area (Å²) in [5.74, 6) is -0.487. The van der Waals surface area contributed by atoms with Crippen molar-refractivity contribution in [1.29, 1.82) is 0 Å². The van der Waals surface area contributed by atoms with Gasteiger partial charge in [0, 0.05) is 0 Å². The molecule has 0 aliphatic carbocycles. The highest BCUT2D eigenvalue weighted by atomic mass is 16.6. The summed E-state index contributed by atoms with van der Waals surface area (Å²) in [4.78, 5) is 23.8. The maximum absolute atomic E-state index is 12.0. The van der Waals surface area contributed by atoms with Crippen LogP contribution in [0, 0.1) is 5.92 Å². The summed E-state index contributed by atoms with van der Waals surface area (Å²) >= 11 is 0. The van der Waals surface area contributed by atoms with Gasteiger partial charge in [-0.2, -0.15) is 0 Å². The Kier molecular flexibility index (Phi) is 8.04. The van der Waals surface area contributed by atoms with E-state index in [0.29, 0.717) is 6.61 Å². The molecule has 0 saturated heterocycles. The van der Waals surface area contributed by atoms with Crippen molar-refractivity contribution in [3.05, 3.63) is 35.9 Å². The lowest BCUT2D eigenvalue weighted by atomic mass is 10.1. The first-order valence-electron chi connectivity index (χ1n) is 7.68. The molecule has 22 heavy (non-hydrogen) atoms. The van der Waals surface area contributed by atoms with Crippen LogP contribution in [0.5, 0.6) is 0 Å². The first-order valence-corrected chi connectivity index (χ1v) is 7.68. The highest BCUT2D eigenvalue weighted by Gasteiger charge is 2.26.